The summed E-state index contributed by atoms with van der Waals surface area (Å²) in [6.45, 7) is 2.07. The van der Waals surface area contributed by atoms with Crippen LogP contribution in [0.4, 0.5) is 10.1 Å². The average Bonchev–Trinajstić information content (AvgIpc) is 2.35. The van der Waals surface area contributed by atoms with E-state index < -0.39 is 22.3 Å². The van der Waals surface area contributed by atoms with Crippen LogP contribution in [0.3, 0.4) is 0 Å². The van der Waals surface area contributed by atoms with Gasteiger partial charge in [0, 0.05) is 19.2 Å². The molecular weight excluding hydrogens is 255 g/mol. The molecule has 1 unspecified atom stereocenters. The van der Waals surface area contributed by atoms with E-state index in [1.807, 2.05) is 6.92 Å². The van der Waals surface area contributed by atoms with Crippen molar-refractivity contribution in [1.29, 1.82) is 0 Å². The molecule has 0 bridgehead atoms. The molecule has 2 N–H and O–H groups in total. The number of nitrogens with one attached hydrogen (secondary N) is 1. The first-order valence-corrected chi connectivity index (χ1v) is 5.78. The minimum atomic E-state index is -0.731. The molecule has 1 aromatic rings. The fraction of sp³-hybridized carbons (Fsp3) is 0.417. The number of nitro benzene ring substituents is 1. The summed E-state index contributed by atoms with van der Waals surface area (Å²) >= 11 is 0. The highest BCUT2D eigenvalue weighted by molar-refractivity contribution is 5.98. The van der Waals surface area contributed by atoms with Crippen LogP contribution in [0, 0.1) is 21.8 Å². The van der Waals surface area contributed by atoms with Gasteiger partial charge in [-0.05, 0) is 24.5 Å². The Labute approximate surface area is 109 Å². The summed E-state index contributed by atoms with van der Waals surface area (Å²) in [5.74, 6) is -1.38. The monoisotopic (exact) mass is 270 g/mol. The number of hydrogen-bond acceptors (Lipinski definition) is 4. The smallest absolute Gasteiger partial charge is 0.282 e. The van der Waals surface area contributed by atoms with Crippen LogP contribution in [0.1, 0.15) is 23.7 Å². The number of nitro groups is 1. The number of rotatable bonds is 6. The lowest BCUT2D eigenvalue weighted by Gasteiger charge is -2.11. The number of benzene rings is 1. The maximum atomic E-state index is 13.1. The Morgan fingerprint density at radius 3 is 2.84 bits per heavy atom. The maximum absolute atomic E-state index is 13.1. The lowest BCUT2D eigenvalue weighted by molar-refractivity contribution is -0.385. The van der Waals surface area contributed by atoms with E-state index in [1.54, 1.807) is 0 Å². The van der Waals surface area contributed by atoms with Gasteiger partial charge in [0.15, 0.2) is 0 Å². The van der Waals surface area contributed by atoms with E-state index in [4.69, 9.17) is 5.11 Å². The summed E-state index contributed by atoms with van der Waals surface area (Å²) in [5, 5.41) is 22.0. The highest BCUT2D eigenvalue weighted by Crippen LogP contribution is 2.19. The Bertz CT molecular complexity index is 479. The molecule has 6 nitrogen and oxygen atoms in total. The average molecular weight is 270 g/mol. The molecule has 19 heavy (non-hydrogen) atoms. The van der Waals surface area contributed by atoms with Gasteiger partial charge in [-0.3, -0.25) is 14.9 Å². The zero-order valence-corrected chi connectivity index (χ0v) is 10.4. The van der Waals surface area contributed by atoms with Crippen molar-refractivity contribution in [2.24, 2.45) is 5.92 Å². The molecule has 7 heteroatoms. The largest absolute Gasteiger partial charge is 0.396 e. The molecule has 0 radical (unpaired) electrons. The van der Waals surface area contributed by atoms with Gasteiger partial charge in [0.05, 0.1) is 4.92 Å². The van der Waals surface area contributed by atoms with Gasteiger partial charge in [-0.2, -0.15) is 0 Å². The highest BCUT2D eigenvalue weighted by Gasteiger charge is 2.20. The Balaban J connectivity index is 2.81. The topological polar surface area (TPSA) is 92.5 Å². The third kappa shape index (κ3) is 4.29. The normalized spacial score (nSPS) is 11.9. The molecule has 0 fully saturated rings. The van der Waals surface area contributed by atoms with Crippen LogP contribution in [-0.4, -0.2) is 29.1 Å². The third-order valence-electron chi connectivity index (χ3n) is 2.63. The van der Waals surface area contributed by atoms with Gasteiger partial charge in [-0.25, -0.2) is 4.39 Å². The number of aliphatic hydroxyl groups excluding tert-OH is 1. The maximum Gasteiger partial charge on any atom is 0.282 e. The molecule has 1 amide bonds. The van der Waals surface area contributed by atoms with E-state index in [0.717, 1.165) is 18.2 Å². The summed E-state index contributed by atoms with van der Waals surface area (Å²) in [4.78, 5) is 21.8. The summed E-state index contributed by atoms with van der Waals surface area (Å²) in [7, 11) is 0. The summed E-state index contributed by atoms with van der Waals surface area (Å²) in [5.41, 5.74) is -0.741. The molecule has 0 aromatic heterocycles. The predicted octanol–water partition coefficient (Wildman–Crippen LogP) is 1.48. The molecule has 0 aliphatic heterocycles. The molecule has 0 aliphatic carbocycles. The molecule has 104 valence electrons. The molecular formula is C12H15FN2O4. The third-order valence-corrected chi connectivity index (χ3v) is 2.63. The van der Waals surface area contributed by atoms with E-state index in [9.17, 15) is 19.3 Å². The fourth-order valence-electron chi connectivity index (χ4n) is 1.53. The minimum absolute atomic E-state index is 0.00283. The first kappa shape index (κ1) is 15.0. The standard InChI is InChI=1S/C12H15FN2O4/c1-8(4-5-16)7-14-12(17)10-6-9(13)2-3-11(10)15(18)19/h2-3,6,8,16H,4-5,7H2,1H3,(H,14,17). The van der Waals surface area contributed by atoms with Gasteiger partial charge in [-0.1, -0.05) is 6.92 Å². The van der Waals surface area contributed by atoms with E-state index >= 15 is 0 Å². The molecule has 1 rings (SSSR count). The number of carbonyl (C=O) groups is 1. The van der Waals surface area contributed by atoms with Crippen molar-refractivity contribution in [2.75, 3.05) is 13.2 Å². The lowest BCUT2D eigenvalue weighted by Crippen LogP contribution is -2.29. The number of nitrogens with zero attached hydrogens (tertiary/aromatic N) is 1. The van der Waals surface area contributed by atoms with Crippen LogP contribution < -0.4 is 5.32 Å². The van der Waals surface area contributed by atoms with Crippen molar-refractivity contribution in [1.82, 2.24) is 5.32 Å². The van der Waals surface area contributed by atoms with Gasteiger partial charge in [-0.15, -0.1) is 0 Å². The van der Waals surface area contributed by atoms with Gasteiger partial charge in [0.1, 0.15) is 11.4 Å². The number of hydrogen-bond donors (Lipinski definition) is 2. The molecule has 0 spiro atoms. The van der Waals surface area contributed by atoms with Gasteiger partial charge >= 0.3 is 0 Å². The molecule has 1 atom stereocenters. The zero-order valence-electron chi connectivity index (χ0n) is 10.4. The Morgan fingerprint density at radius 2 is 2.26 bits per heavy atom. The van der Waals surface area contributed by atoms with Crippen molar-refractivity contribution in [3.05, 3.63) is 39.7 Å². The van der Waals surface area contributed by atoms with Gasteiger partial charge in [0.2, 0.25) is 0 Å². The number of halogens is 1. The Morgan fingerprint density at radius 1 is 1.58 bits per heavy atom. The first-order valence-electron chi connectivity index (χ1n) is 5.78. The van der Waals surface area contributed by atoms with Crippen LogP contribution in [0.2, 0.25) is 0 Å². The Hall–Kier alpha value is -2.02. The van der Waals surface area contributed by atoms with Crippen LogP contribution in [0.25, 0.3) is 0 Å². The van der Waals surface area contributed by atoms with Crippen molar-refractivity contribution >= 4 is 11.6 Å². The number of carbonyl (C=O) groups excluding carboxylic acids is 1. The quantitative estimate of drug-likeness (QED) is 0.605. The van der Waals surface area contributed by atoms with E-state index in [0.29, 0.717) is 6.42 Å². The molecule has 0 saturated heterocycles. The van der Waals surface area contributed by atoms with Crippen LogP contribution in [-0.2, 0) is 0 Å². The molecule has 0 aliphatic rings. The minimum Gasteiger partial charge on any atom is -0.396 e. The molecule has 1 aromatic carbocycles. The fourth-order valence-corrected chi connectivity index (χ4v) is 1.53. The van der Waals surface area contributed by atoms with Crippen molar-refractivity contribution in [2.45, 2.75) is 13.3 Å². The van der Waals surface area contributed by atoms with Crippen molar-refractivity contribution < 1.29 is 19.2 Å². The Kier molecular flexibility index (Phi) is 5.37. The summed E-state index contributed by atoms with van der Waals surface area (Å²) in [6.07, 6.45) is 0.505. The van der Waals surface area contributed by atoms with E-state index in [1.165, 1.54) is 0 Å². The van der Waals surface area contributed by atoms with E-state index in [2.05, 4.69) is 5.32 Å². The number of aliphatic hydroxyl groups is 1. The van der Waals surface area contributed by atoms with Crippen molar-refractivity contribution in [3.63, 3.8) is 0 Å². The second-order valence-corrected chi connectivity index (χ2v) is 4.25. The first-order chi connectivity index (χ1) is 8.95. The molecule has 0 saturated carbocycles. The van der Waals surface area contributed by atoms with Crippen LogP contribution >= 0.6 is 0 Å². The highest BCUT2D eigenvalue weighted by atomic mass is 19.1. The second-order valence-electron chi connectivity index (χ2n) is 4.25. The van der Waals surface area contributed by atoms with Crippen molar-refractivity contribution in [3.8, 4) is 0 Å². The van der Waals surface area contributed by atoms with Gasteiger partial charge < -0.3 is 10.4 Å². The predicted molar refractivity (Wildman–Crippen MR) is 66.3 cm³/mol. The lowest BCUT2D eigenvalue weighted by atomic mass is 10.1. The van der Waals surface area contributed by atoms with E-state index in [-0.39, 0.29) is 24.6 Å². The van der Waals surface area contributed by atoms with Crippen LogP contribution in [0.15, 0.2) is 18.2 Å². The summed E-state index contributed by atoms with van der Waals surface area (Å²) < 4.78 is 13.1. The second kappa shape index (κ2) is 6.79. The molecule has 0 heterocycles. The summed E-state index contributed by atoms with van der Waals surface area (Å²) in [6, 6.07) is 2.73. The zero-order chi connectivity index (χ0) is 14.4. The van der Waals surface area contributed by atoms with Gasteiger partial charge in [0.25, 0.3) is 11.6 Å². The van der Waals surface area contributed by atoms with Crippen LogP contribution in [0.5, 0.6) is 0 Å². The SMILES string of the molecule is CC(CCO)CNC(=O)c1cc(F)ccc1[N+](=O)[O-]. The number of amides is 1.